The van der Waals surface area contributed by atoms with Gasteiger partial charge in [0.25, 0.3) is 0 Å². The Morgan fingerprint density at radius 3 is 2.50 bits per heavy atom. The fourth-order valence-electron chi connectivity index (χ4n) is 1.23. The van der Waals surface area contributed by atoms with Crippen molar-refractivity contribution in [3.05, 3.63) is 16.1 Å². The molecule has 0 aromatic carbocycles. The number of nitrogens with two attached hydrogens (primary N) is 1. The van der Waals surface area contributed by atoms with Gasteiger partial charge < -0.3 is 16.2 Å². The number of thiazole rings is 1. The molecule has 1 rings (SSSR count). The summed E-state index contributed by atoms with van der Waals surface area (Å²) in [4.78, 5) is 26.4. The number of nitrogens with zero attached hydrogens (tertiary/aromatic N) is 1. The van der Waals surface area contributed by atoms with Gasteiger partial charge in [-0.2, -0.15) is 0 Å². The molecule has 0 aliphatic carbocycles. The number of hydrogen-bond donors (Lipinski definition) is 3. The van der Waals surface area contributed by atoms with Crippen molar-refractivity contribution in [3.63, 3.8) is 0 Å². The number of aromatic nitrogens is 1. The van der Waals surface area contributed by atoms with Gasteiger partial charge in [0.15, 0.2) is 5.69 Å². The summed E-state index contributed by atoms with van der Waals surface area (Å²) < 4.78 is 0. The van der Waals surface area contributed by atoms with E-state index in [0.717, 1.165) is 0 Å². The van der Waals surface area contributed by atoms with Gasteiger partial charge in [0, 0.05) is 17.3 Å². The summed E-state index contributed by atoms with van der Waals surface area (Å²) in [5, 5.41) is 13.5. The molecule has 0 aliphatic rings. The Bertz CT molecular complexity index is 444. The van der Waals surface area contributed by atoms with Gasteiger partial charge in [-0.3, -0.25) is 4.79 Å². The smallest absolute Gasteiger partial charge is 0.355 e. The zero-order valence-corrected chi connectivity index (χ0v) is 11.3. The van der Waals surface area contributed by atoms with Gasteiger partial charge in [-0.15, -0.1) is 11.3 Å². The normalized spacial score (nSPS) is 15.8. The van der Waals surface area contributed by atoms with E-state index in [0.29, 0.717) is 5.01 Å². The second-order valence-corrected chi connectivity index (χ2v) is 5.14. The third-order valence-electron chi connectivity index (χ3n) is 2.67. The van der Waals surface area contributed by atoms with Crippen LogP contribution >= 0.6 is 11.3 Å². The molecule has 3 atom stereocenters. The van der Waals surface area contributed by atoms with Gasteiger partial charge >= 0.3 is 5.97 Å². The number of hydrogen-bond acceptors (Lipinski definition) is 5. The molecule has 0 radical (unpaired) electrons. The van der Waals surface area contributed by atoms with Crippen LogP contribution < -0.4 is 11.1 Å². The summed E-state index contributed by atoms with van der Waals surface area (Å²) in [6.07, 6.45) is 0. The van der Waals surface area contributed by atoms with Crippen LogP contribution in [-0.4, -0.2) is 28.0 Å². The number of carbonyl (C=O) groups is 2. The minimum absolute atomic E-state index is 0.00339. The zero-order valence-electron chi connectivity index (χ0n) is 10.5. The van der Waals surface area contributed by atoms with E-state index < -0.39 is 5.97 Å². The van der Waals surface area contributed by atoms with Crippen LogP contribution in [0.3, 0.4) is 0 Å². The van der Waals surface area contributed by atoms with E-state index in [-0.39, 0.29) is 29.6 Å². The average molecular weight is 271 g/mol. The number of rotatable bonds is 5. The van der Waals surface area contributed by atoms with Crippen LogP contribution in [-0.2, 0) is 4.79 Å². The highest BCUT2D eigenvalue weighted by Gasteiger charge is 2.21. The van der Waals surface area contributed by atoms with Gasteiger partial charge in [-0.05, 0) is 13.8 Å². The molecular formula is C11H17N3O3S. The SMILES string of the molecule is CC(NC(=O)C(C)C(C)N)c1nc(C(=O)O)cs1. The van der Waals surface area contributed by atoms with Crippen LogP contribution in [0.15, 0.2) is 5.38 Å². The second kappa shape index (κ2) is 5.92. The predicted molar refractivity (Wildman–Crippen MR) is 68.4 cm³/mol. The molecule has 1 heterocycles. The molecule has 0 bridgehead atoms. The summed E-state index contributed by atoms with van der Waals surface area (Å²) >= 11 is 1.21. The number of nitrogens with one attached hydrogen (secondary N) is 1. The standard InChI is InChI=1S/C11H17N3O3S/c1-5(6(2)12)9(15)13-7(3)10-14-8(4-18-10)11(16)17/h4-7H,12H2,1-3H3,(H,13,15)(H,16,17). The lowest BCUT2D eigenvalue weighted by Crippen LogP contribution is -2.39. The molecule has 0 aliphatic heterocycles. The highest BCUT2D eigenvalue weighted by Crippen LogP contribution is 2.18. The van der Waals surface area contributed by atoms with Gasteiger partial charge in [-0.25, -0.2) is 9.78 Å². The zero-order chi connectivity index (χ0) is 13.9. The van der Waals surface area contributed by atoms with Crippen molar-refractivity contribution >= 4 is 23.2 Å². The van der Waals surface area contributed by atoms with E-state index in [1.807, 2.05) is 0 Å². The number of carboxylic acid groups (broad SMARTS) is 1. The summed E-state index contributed by atoms with van der Waals surface area (Å²) in [7, 11) is 0. The molecule has 0 spiro atoms. The second-order valence-electron chi connectivity index (χ2n) is 4.25. The summed E-state index contributed by atoms with van der Waals surface area (Å²) in [5.41, 5.74) is 5.64. The van der Waals surface area contributed by atoms with E-state index in [9.17, 15) is 9.59 Å². The highest BCUT2D eigenvalue weighted by molar-refractivity contribution is 7.09. The van der Waals surface area contributed by atoms with Gasteiger partial charge in [-0.1, -0.05) is 6.92 Å². The lowest BCUT2D eigenvalue weighted by atomic mass is 10.0. The van der Waals surface area contributed by atoms with E-state index in [4.69, 9.17) is 10.8 Å². The van der Waals surface area contributed by atoms with Crippen molar-refractivity contribution in [2.24, 2.45) is 11.7 Å². The summed E-state index contributed by atoms with van der Waals surface area (Å²) in [5.74, 6) is -1.53. The molecule has 0 saturated heterocycles. The Balaban J connectivity index is 2.67. The maximum atomic E-state index is 11.8. The number of aromatic carboxylic acids is 1. The molecule has 100 valence electrons. The molecule has 1 amide bonds. The maximum Gasteiger partial charge on any atom is 0.355 e. The fourth-order valence-corrected chi connectivity index (χ4v) is 2.03. The van der Waals surface area contributed by atoms with Crippen molar-refractivity contribution in [1.29, 1.82) is 0 Å². The Kier molecular flexibility index (Phi) is 4.80. The lowest BCUT2D eigenvalue weighted by molar-refractivity contribution is -0.125. The monoisotopic (exact) mass is 271 g/mol. The fraction of sp³-hybridized carbons (Fsp3) is 0.545. The highest BCUT2D eigenvalue weighted by atomic mass is 32.1. The topological polar surface area (TPSA) is 105 Å². The molecular weight excluding hydrogens is 254 g/mol. The molecule has 1 aromatic heterocycles. The average Bonchev–Trinajstić information content (AvgIpc) is 2.76. The molecule has 6 nitrogen and oxygen atoms in total. The van der Waals surface area contributed by atoms with Crippen molar-refractivity contribution in [2.75, 3.05) is 0 Å². The van der Waals surface area contributed by atoms with Crippen molar-refractivity contribution in [1.82, 2.24) is 10.3 Å². The maximum absolute atomic E-state index is 11.8. The summed E-state index contributed by atoms with van der Waals surface area (Å²) in [6.45, 7) is 5.27. The van der Waals surface area contributed by atoms with Crippen molar-refractivity contribution in [3.8, 4) is 0 Å². The minimum Gasteiger partial charge on any atom is -0.476 e. The Morgan fingerprint density at radius 1 is 1.44 bits per heavy atom. The largest absolute Gasteiger partial charge is 0.476 e. The van der Waals surface area contributed by atoms with Gasteiger partial charge in [0.1, 0.15) is 5.01 Å². The first-order valence-corrected chi connectivity index (χ1v) is 6.45. The molecule has 0 fully saturated rings. The number of amides is 1. The van der Waals surface area contributed by atoms with Crippen LogP contribution in [0, 0.1) is 5.92 Å². The molecule has 0 saturated carbocycles. The van der Waals surface area contributed by atoms with Crippen molar-refractivity contribution in [2.45, 2.75) is 32.9 Å². The van der Waals surface area contributed by atoms with Crippen LogP contribution in [0.5, 0.6) is 0 Å². The molecule has 7 heteroatoms. The first kappa shape index (κ1) is 14.6. The third-order valence-corrected chi connectivity index (χ3v) is 3.70. The van der Waals surface area contributed by atoms with E-state index in [1.165, 1.54) is 16.7 Å². The first-order chi connectivity index (χ1) is 8.32. The Labute approximate surface area is 109 Å². The van der Waals surface area contributed by atoms with E-state index in [1.54, 1.807) is 20.8 Å². The van der Waals surface area contributed by atoms with E-state index >= 15 is 0 Å². The quantitative estimate of drug-likeness (QED) is 0.741. The number of carboxylic acids is 1. The molecule has 4 N–H and O–H groups in total. The summed E-state index contributed by atoms with van der Waals surface area (Å²) in [6, 6.07) is -0.556. The van der Waals surface area contributed by atoms with Crippen molar-refractivity contribution < 1.29 is 14.7 Å². The van der Waals surface area contributed by atoms with Crippen LogP contribution in [0.25, 0.3) is 0 Å². The van der Waals surface area contributed by atoms with Crippen LogP contribution in [0.4, 0.5) is 0 Å². The minimum atomic E-state index is -1.07. The number of carbonyl (C=O) groups excluding carboxylic acids is 1. The Morgan fingerprint density at radius 2 is 2.06 bits per heavy atom. The Hall–Kier alpha value is -1.47. The van der Waals surface area contributed by atoms with Crippen LogP contribution in [0.1, 0.15) is 42.3 Å². The molecule has 18 heavy (non-hydrogen) atoms. The predicted octanol–water partition coefficient (Wildman–Crippen LogP) is 1.00. The third kappa shape index (κ3) is 3.51. The lowest BCUT2D eigenvalue weighted by Gasteiger charge is -2.18. The van der Waals surface area contributed by atoms with Gasteiger partial charge in [0.2, 0.25) is 5.91 Å². The van der Waals surface area contributed by atoms with E-state index in [2.05, 4.69) is 10.3 Å². The van der Waals surface area contributed by atoms with Crippen LogP contribution in [0.2, 0.25) is 0 Å². The first-order valence-electron chi connectivity index (χ1n) is 5.57. The molecule has 3 unspecified atom stereocenters. The molecule has 1 aromatic rings. The van der Waals surface area contributed by atoms with Gasteiger partial charge in [0.05, 0.1) is 6.04 Å².